The third kappa shape index (κ3) is 2.35. The summed E-state index contributed by atoms with van der Waals surface area (Å²) in [6.45, 7) is 3.99. The summed E-state index contributed by atoms with van der Waals surface area (Å²) in [5.41, 5.74) is 1.32. The second-order valence-corrected chi connectivity index (χ2v) is 6.48. The van der Waals surface area contributed by atoms with E-state index in [4.69, 9.17) is 5.11 Å². The number of carboxylic acids is 1. The van der Waals surface area contributed by atoms with Crippen LogP contribution in [-0.4, -0.2) is 27.6 Å². The van der Waals surface area contributed by atoms with E-state index < -0.39 is 5.97 Å². The van der Waals surface area contributed by atoms with Gasteiger partial charge in [0.15, 0.2) is 0 Å². The van der Waals surface area contributed by atoms with Crippen LogP contribution in [0.1, 0.15) is 29.6 Å². The fraction of sp³-hybridized carbons (Fsp3) is 0.500. The number of fused-ring (bicyclic) bond motifs is 3. The quantitative estimate of drug-likeness (QED) is 0.909. The number of thiophene rings is 1. The first-order chi connectivity index (χ1) is 9.54. The first-order valence-electron chi connectivity index (χ1n) is 6.79. The van der Waals surface area contributed by atoms with Crippen molar-refractivity contribution in [3.63, 3.8) is 0 Å². The predicted molar refractivity (Wildman–Crippen MR) is 79.5 cm³/mol. The van der Waals surface area contributed by atoms with Crippen LogP contribution < -0.4 is 5.32 Å². The standard InChI is InChI=1S/C14H17N3O2S/c1-7-3-4-9-10(5-7)20-14-12(9)13(15-6-11(18)19)16-8(2)17-14/h7H,3-6H2,1-2H3,(H,18,19)(H,15,16,17)/t7-/m0/s1. The molecule has 1 aliphatic carbocycles. The molecule has 6 heteroatoms. The normalized spacial score (nSPS) is 18.0. The summed E-state index contributed by atoms with van der Waals surface area (Å²) in [7, 11) is 0. The van der Waals surface area contributed by atoms with Gasteiger partial charge in [-0.3, -0.25) is 4.79 Å². The van der Waals surface area contributed by atoms with Gasteiger partial charge in [0.1, 0.15) is 23.0 Å². The Bertz CT molecular complexity index is 681. The number of nitrogens with zero attached hydrogens (tertiary/aromatic N) is 2. The highest BCUT2D eigenvalue weighted by Crippen LogP contribution is 2.39. The minimum absolute atomic E-state index is 0.118. The number of anilines is 1. The molecule has 0 saturated carbocycles. The summed E-state index contributed by atoms with van der Waals surface area (Å²) in [4.78, 5) is 22.0. The summed E-state index contributed by atoms with van der Waals surface area (Å²) >= 11 is 1.73. The van der Waals surface area contributed by atoms with Crippen LogP contribution in [0.5, 0.6) is 0 Å². The lowest BCUT2D eigenvalue weighted by Gasteiger charge is -2.18. The molecule has 0 aliphatic heterocycles. The molecule has 1 atom stereocenters. The lowest BCUT2D eigenvalue weighted by molar-refractivity contribution is -0.134. The van der Waals surface area contributed by atoms with E-state index >= 15 is 0 Å². The maximum absolute atomic E-state index is 10.8. The first kappa shape index (κ1) is 13.3. The monoisotopic (exact) mass is 291 g/mol. The molecule has 2 aromatic heterocycles. The van der Waals surface area contributed by atoms with Crippen LogP contribution in [0.4, 0.5) is 5.82 Å². The molecule has 0 unspecified atom stereocenters. The van der Waals surface area contributed by atoms with E-state index in [1.165, 1.54) is 16.9 Å². The number of aryl methyl sites for hydroxylation is 2. The zero-order valence-corrected chi connectivity index (χ0v) is 12.4. The molecule has 0 bridgehead atoms. The van der Waals surface area contributed by atoms with Gasteiger partial charge in [-0.1, -0.05) is 6.92 Å². The van der Waals surface area contributed by atoms with Crippen molar-refractivity contribution in [2.24, 2.45) is 5.92 Å². The van der Waals surface area contributed by atoms with Gasteiger partial charge in [0.05, 0.1) is 5.39 Å². The molecule has 0 fully saturated rings. The Hall–Kier alpha value is -1.69. The van der Waals surface area contributed by atoms with Crippen LogP contribution in [0.25, 0.3) is 10.2 Å². The molecule has 106 valence electrons. The van der Waals surface area contributed by atoms with E-state index in [0.717, 1.165) is 23.1 Å². The van der Waals surface area contributed by atoms with Gasteiger partial charge < -0.3 is 10.4 Å². The van der Waals surface area contributed by atoms with E-state index in [1.807, 2.05) is 6.92 Å². The zero-order valence-electron chi connectivity index (χ0n) is 11.6. The molecule has 2 aromatic rings. The number of carboxylic acid groups (broad SMARTS) is 1. The fourth-order valence-corrected chi connectivity index (χ4v) is 4.16. The van der Waals surface area contributed by atoms with Crippen LogP contribution in [0.2, 0.25) is 0 Å². The van der Waals surface area contributed by atoms with Gasteiger partial charge in [-0.05, 0) is 37.7 Å². The number of aliphatic carboxylic acids is 1. The molecule has 5 nitrogen and oxygen atoms in total. The molecule has 20 heavy (non-hydrogen) atoms. The average Bonchev–Trinajstić information content (AvgIpc) is 2.72. The molecular formula is C14H17N3O2S. The lowest BCUT2D eigenvalue weighted by atomic mass is 9.89. The third-order valence-electron chi connectivity index (χ3n) is 3.67. The van der Waals surface area contributed by atoms with Crippen molar-refractivity contribution in [2.75, 3.05) is 11.9 Å². The molecule has 0 amide bonds. The topological polar surface area (TPSA) is 75.1 Å². The highest BCUT2D eigenvalue weighted by atomic mass is 32.1. The molecule has 0 saturated heterocycles. The Kier molecular flexibility index (Phi) is 3.33. The number of carbonyl (C=O) groups is 1. The van der Waals surface area contributed by atoms with Gasteiger partial charge in [0.2, 0.25) is 0 Å². The molecule has 1 aliphatic rings. The van der Waals surface area contributed by atoms with Crippen LogP contribution >= 0.6 is 11.3 Å². The van der Waals surface area contributed by atoms with E-state index in [2.05, 4.69) is 22.2 Å². The predicted octanol–water partition coefficient (Wildman–Crippen LogP) is 2.62. The Morgan fingerprint density at radius 1 is 1.50 bits per heavy atom. The minimum atomic E-state index is -0.882. The van der Waals surface area contributed by atoms with Gasteiger partial charge in [-0.15, -0.1) is 11.3 Å². The van der Waals surface area contributed by atoms with Gasteiger partial charge in [0, 0.05) is 4.88 Å². The summed E-state index contributed by atoms with van der Waals surface area (Å²) in [6.07, 6.45) is 3.30. The van der Waals surface area contributed by atoms with Crippen LogP contribution in [0.3, 0.4) is 0 Å². The molecule has 3 rings (SSSR count). The van der Waals surface area contributed by atoms with E-state index in [0.29, 0.717) is 17.6 Å². The smallest absolute Gasteiger partial charge is 0.322 e. The van der Waals surface area contributed by atoms with Gasteiger partial charge >= 0.3 is 5.97 Å². The third-order valence-corrected chi connectivity index (χ3v) is 4.82. The van der Waals surface area contributed by atoms with Gasteiger partial charge in [0.25, 0.3) is 0 Å². The molecule has 0 aromatic carbocycles. The van der Waals surface area contributed by atoms with Crippen molar-refractivity contribution in [2.45, 2.75) is 33.1 Å². The molecule has 2 N–H and O–H groups in total. The average molecular weight is 291 g/mol. The maximum Gasteiger partial charge on any atom is 0.322 e. The maximum atomic E-state index is 10.8. The van der Waals surface area contributed by atoms with Crippen molar-refractivity contribution in [1.82, 2.24) is 9.97 Å². The largest absolute Gasteiger partial charge is 0.480 e. The Labute approximate surface area is 121 Å². The molecule has 0 spiro atoms. The first-order valence-corrected chi connectivity index (χ1v) is 7.60. The Balaban J connectivity index is 2.11. The van der Waals surface area contributed by atoms with Crippen molar-refractivity contribution >= 4 is 33.3 Å². The van der Waals surface area contributed by atoms with E-state index in [9.17, 15) is 4.79 Å². The zero-order chi connectivity index (χ0) is 14.3. The molecule has 2 heterocycles. The fourth-order valence-electron chi connectivity index (χ4n) is 2.74. The van der Waals surface area contributed by atoms with Gasteiger partial charge in [-0.2, -0.15) is 0 Å². The minimum Gasteiger partial charge on any atom is -0.480 e. The second kappa shape index (κ2) is 5.01. The summed E-state index contributed by atoms with van der Waals surface area (Å²) in [5.74, 6) is 1.17. The summed E-state index contributed by atoms with van der Waals surface area (Å²) in [6, 6.07) is 0. The van der Waals surface area contributed by atoms with Crippen molar-refractivity contribution in [3.05, 3.63) is 16.3 Å². The van der Waals surface area contributed by atoms with Crippen molar-refractivity contribution in [3.8, 4) is 0 Å². The second-order valence-electron chi connectivity index (χ2n) is 5.40. The molecule has 0 radical (unpaired) electrons. The summed E-state index contributed by atoms with van der Waals surface area (Å²) < 4.78 is 0. The lowest BCUT2D eigenvalue weighted by Crippen LogP contribution is -2.15. The number of hydrogen-bond acceptors (Lipinski definition) is 5. The number of aromatic nitrogens is 2. The highest BCUT2D eigenvalue weighted by molar-refractivity contribution is 7.19. The van der Waals surface area contributed by atoms with Crippen LogP contribution in [0.15, 0.2) is 0 Å². The van der Waals surface area contributed by atoms with Crippen molar-refractivity contribution in [1.29, 1.82) is 0 Å². The highest BCUT2D eigenvalue weighted by Gasteiger charge is 2.23. The van der Waals surface area contributed by atoms with Crippen LogP contribution in [0, 0.1) is 12.8 Å². The molecular weight excluding hydrogens is 274 g/mol. The SMILES string of the molecule is Cc1nc(NCC(=O)O)c2c3c(sc2n1)C[C@@H](C)CC3. The van der Waals surface area contributed by atoms with Crippen LogP contribution in [-0.2, 0) is 17.6 Å². The number of hydrogen-bond donors (Lipinski definition) is 2. The van der Waals surface area contributed by atoms with E-state index in [-0.39, 0.29) is 6.54 Å². The summed E-state index contributed by atoms with van der Waals surface area (Å²) in [5, 5.41) is 12.8. The van der Waals surface area contributed by atoms with Gasteiger partial charge in [-0.25, -0.2) is 9.97 Å². The van der Waals surface area contributed by atoms with E-state index in [1.54, 1.807) is 11.3 Å². The number of rotatable bonds is 3. The Morgan fingerprint density at radius 3 is 3.05 bits per heavy atom. The van der Waals surface area contributed by atoms with Crippen molar-refractivity contribution < 1.29 is 9.90 Å². The number of nitrogens with one attached hydrogen (secondary N) is 1. The Morgan fingerprint density at radius 2 is 2.30 bits per heavy atom.